The van der Waals surface area contributed by atoms with E-state index in [2.05, 4.69) is 34.0 Å². The first-order valence-electron chi connectivity index (χ1n) is 14.0. The van der Waals surface area contributed by atoms with E-state index in [-0.39, 0.29) is 6.42 Å². The number of allylic oxidation sites excluding steroid dienone is 3. The van der Waals surface area contributed by atoms with Crippen LogP contribution in [-0.4, -0.2) is 40.7 Å². The van der Waals surface area contributed by atoms with Crippen LogP contribution in [0.15, 0.2) is 66.4 Å². The Morgan fingerprint density at radius 1 is 0.905 bits per heavy atom. The average Bonchev–Trinajstić information content (AvgIpc) is 2.94. The van der Waals surface area contributed by atoms with Gasteiger partial charge in [0.05, 0.1) is 11.1 Å². The van der Waals surface area contributed by atoms with Crippen molar-refractivity contribution in [1.29, 1.82) is 0 Å². The quantitative estimate of drug-likeness (QED) is 0.145. The molecule has 1 heterocycles. The van der Waals surface area contributed by atoms with Gasteiger partial charge in [0.2, 0.25) is 0 Å². The van der Waals surface area contributed by atoms with Gasteiger partial charge in [0, 0.05) is 36.0 Å². The number of fused-ring (bicyclic) bond motifs is 1. The van der Waals surface area contributed by atoms with E-state index in [9.17, 15) is 26.3 Å². The highest BCUT2D eigenvalue weighted by Gasteiger charge is 2.33. The van der Waals surface area contributed by atoms with Gasteiger partial charge in [0.15, 0.2) is 0 Å². The molecule has 0 fully saturated rings. The average molecular weight is 594 g/mol. The summed E-state index contributed by atoms with van der Waals surface area (Å²) >= 11 is 0. The second-order valence-electron chi connectivity index (χ2n) is 10.1. The largest absolute Gasteiger partial charge is 0.416 e. The van der Waals surface area contributed by atoms with Crippen molar-refractivity contribution >= 4 is 22.4 Å². The van der Waals surface area contributed by atoms with Crippen LogP contribution < -0.4 is 11.1 Å². The molecule has 42 heavy (non-hydrogen) atoms. The fourth-order valence-electron chi connectivity index (χ4n) is 4.42. The second-order valence-corrected chi connectivity index (χ2v) is 10.1. The molecule has 0 amide bonds. The summed E-state index contributed by atoms with van der Waals surface area (Å²) in [6.07, 6.45) is -1.53. The van der Waals surface area contributed by atoms with Gasteiger partial charge in [-0.3, -0.25) is 0 Å². The van der Waals surface area contributed by atoms with Gasteiger partial charge in [-0.2, -0.15) is 26.3 Å². The molecule has 0 spiro atoms. The van der Waals surface area contributed by atoms with Crippen LogP contribution in [0.3, 0.4) is 0 Å². The van der Waals surface area contributed by atoms with E-state index in [4.69, 9.17) is 5.73 Å². The summed E-state index contributed by atoms with van der Waals surface area (Å²) < 4.78 is 80.0. The van der Waals surface area contributed by atoms with Gasteiger partial charge in [0.1, 0.15) is 11.6 Å². The maximum atomic E-state index is 13.6. The predicted octanol–water partition coefficient (Wildman–Crippen LogP) is 8.34. The summed E-state index contributed by atoms with van der Waals surface area (Å²) in [6, 6.07) is 9.36. The van der Waals surface area contributed by atoms with Crippen LogP contribution in [0.2, 0.25) is 0 Å². The van der Waals surface area contributed by atoms with Crippen molar-refractivity contribution < 1.29 is 26.3 Å². The highest BCUT2D eigenvalue weighted by atomic mass is 19.4. The number of benzene rings is 2. The molecule has 11 heteroatoms. The van der Waals surface area contributed by atoms with Gasteiger partial charge in [0.25, 0.3) is 0 Å². The fraction of sp³-hybridized carbons (Fsp3) is 0.419. The molecular weight excluding hydrogens is 556 g/mol. The summed E-state index contributed by atoms with van der Waals surface area (Å²) in [7, 11) is 0. The summed E-state index contributed by atoms with van der Waals surface area (Å²) in [5.74, 6) is 0.859. The highest BCUT2D eigenvalue weighted by Crippen LogP contribution is 2.33. The zero-order chi connectivity index (χ0) is 30.8. The molecule has 0 aliphatic rings. The molecule has 3 aromatic rings. The predicted molar refractivity (Wildman–Crippen MR) is 155 cm³/mol. The molecule has 0 saturated heterocycles. The van der Waals surface area contributed by atoms with Crippen LogP contribution in [0.4, 0.5) is 37.8 Å². The van der Waals surface area contributed by atoms with Gasteiger partial charge in [-0.05, 0) is 80.2 Å². The van der Waals surface area contributed by atoms with Gasteiger partial charge in [-0.1, -0.05) is 38.8 Å². The molecule has 3 N–H and O–H groups in total. The Balaban J connectivity index is 1.99. The molecule has 3 rings (SSSR count). The normalized spacial score (nSPS) is 13.0. The monoisotopic (exact) mass is 593 g/mol. The zero-order valence-electron chi connectivity index (χ0n) is 23.8. The highest BCUT2D eigenvalue weighted by molar-refractivity contribution is 5.91. The molecule has 0 radical (unpaired) electrons. The van der Waals surface area contributed by atoms with Crippen LogP contribution in [0, 0.1) is 0 Å². The first-order valence-corrected chi connectivity index (χ1v) is 14.0. The van der Waals surface area contributed by atoms with Crippen molar-refractivity contribution in [2.75, 3.05) is 25.0 Å². The Hall–Kier alpha value is -3.60. The van der Waals surface area contributed by atoms with E-state index in [1.165, 1.54) is 12.1 Å². The number of anilines is 2. The number of rotatable bonds is 14. The smallest absolute Gasteiger partial charge is 0.405 e. The number of hydrogen-bond acceptors (Lipinski definition) is 5. The molecule has 0 saturated carbocycles. The van der Waals surface area contributed by atoms with Gasteiger partial charge in [-0.25, -0.2) is 9.97 Å². The molecular formula is C31H37F6N5. The Kier molecular flexibility index (Phi) is 11.8. The summed E-state index contributed by atoms with van der Waals surface area (Å²) in [5, 5.41) is 3.63. The van der Waals surface area contributed by atoms with E-state index < -0.39 is 23.5 Å². The third kappa shape index (κ3) is 9.75. The zero-order valence-corrected chi connectivity index (χ0v) is 23.8. The van der Waals surface area contributed by atoms with E-state index in [1.54, 1.807) is 18.2 Å². The maximum absolute atomic E-state index is 13.6. The Morgan fingerprint density at radius 3 is 2.14 bits per heavy atom. The molecule has 0 unspecified atom stereocenters. The SMILES string of the molecule is CCCCN(CCCC)CCc1nc(Nc2ccc(C(F)(F)F)cc2)c2ccc(C/C(=C\C=C/N)C(F)(F)F)cc2n1. The van der Waals surface area contributed by atoms with Gasteiger partial charge < -0.3 is 16.0 Å². The minimum Gasteiger partial charge on any atom is -0.405 e. The number of halogens is 6. The van der Waals surface area contributed by atoms with Crippen molar-refractivity contribution in [3.05, 3.63) is 83.3 Å². The third-order valence-corrected chi connectivity index (χ3v) is 6.76. The maximum Gasteiger partial charge on any atom is 0.416 e. The van der Waals surface area contributed by atoms with Crippen molar-refractivity contribution in [1.82, 2.24) is 14.9 Å². The van der Waals surface area contributed by atoms with Crippen molar-refractivity contribution in [3.63, 3.8) is 0 Å². The number of nitrogens with zero attached hydrogens (tertiary/aromatic N) is 3. The molecule has 5 nitrogen and oxygen atoms in total. The molecule has 0 aliphatic carbocycles. The first-order chi connectivity index (χ1) is 19.9. The summed E-state index contributed by atoms with van der Waals surface area (Å²) in [6.45, 7) is 6.85. The summed E-state index contributed by atoms with van der Waals surface area (Å²) in [5.41, 5.74) is 4.93. The van der Waals surface area contributed by atoms with E-state index in [0.717, 1.165) is 69.3 Å². The summed E-state index contributed by atoms with van der Waals surface area (Å²) in [4.78, 5) is 11.7. The molecule has 1 aromatic heterocycles. The Labute approximate surface area is 242 Å². The number of nitrogens with one attached hydrogen (secondary N) is 1. The first kappa shape index (κ1) is 32.9. The van der Waals surface area contributed by atoms with E-state index in [0.29, 0.717) is 46.8 Å². The lowest BCUT2D eigenvalue weighted by atomic mass is 10.0. The molecule has 0 bridgehead atoms. The Morgan fingerprint density at radius 2 is 1.57 bits per heavy atom. The van der Waals surface area contributed by atoms with Crippen LogP contribution in [0.25, 0.3) is 10.9 Å². The van der Waals surface area contributed by atoms with Crippen LogP contribution in [0.5, 0.6) is 0 Å². The Bertz CT molecular complexity index is 1340. The van der Waals surface area contributed by atoms with Crippen LogP contribution in [-0.2, 0) is 19.0 Å². The van der Waals surface area contributed by atoms with Crippen LogP contribution >= 0.6 is 0 Å². The van der Waals surface area contributed by atoms with Crippen molar-refractivity contribution in [2.24, 2.45) is 5.73 Å². The van der Waals surface area contributed by atoms with Gasteiger partial charge in [-0.15, -0.1) is 0 Å². The lowest BCUT2D eigenvalue weighted by molar-refractivity contribution is -0.137. The lowest BCUT2D eigenvalue weighted by Gasteiger charge is -2.22. The third-order valence-electron chi connectivity index (χ3n) is 6.76. The number of nitrogens with two attached hydrogens (primary N) is 1. The lowest BCUT2D eigenvalue weighted by Crippen LogP contribution is -2.28. The van der Waals surface area contributed by atoms with Crippen molar-refractivity contribution in [2.45, 2.75) is 64.7 Å². The molecule has 0 atom stereocenters. The standard InChI is InChI=1S/C31H37F6N5/c1-3-5-17-42(18-6-4-2)19-15-28-40-27-21-22(20-24(8-7-16-38)31(35,36)37)9-14-26(27)29(41-28)39-25-12-10-23(11-13-25)30(32,33)34/h7-14,16,21H,3-6,15,17-20,38H2,1-2H3,(H,39,40,41)/b16-7-,24-8+. The number of unbranched alkanes of at least 4 members (excludes halogenated alkanes) is 2. The van der Waals surface area contributed by atoms with Crippen LogP contribution in [0.1, 0.15) is 56.5 Å². The second kappa shape index (κ2) is 15.0. The molecule has 228 valence electrons. The number of alkyl halides is 6. The fourth-order valence-corrected chi connectivity index (χ4v) is 4.42. The molecule has 2 aromatic carbocycles. The van der Waals surface area contributed by atoms with Gasteiger partial charge >= 0.3 is 12.4 Å². The minimum atomic E-state index is -4.54. The number of aromatic nitrogens is 2. The van der Waals surface area contributed by atoms with Crippen molar-refractivity contribution in [3.8, 4) is 0 Å². The topological polar surface area (TPSA) is 67.1 Å². The van der Waals surface area contributed by atoms with E-state index in [1.807, 2.05) is 0 Å². The minimum absolute atomic E-state index is 0.368. The molecule has 0 aliphatic heterocycles. The number of hydrogen-bond donors (Lipinski definition) is 2. The van der Waals surface area contributed by atoms with E-state index >= 15 is 0 Å².